The Morgan fingerprint density at radius 3 is 2.52 bits per heavy atom. The van der Waals surface area contributed by atoms with Crippen molar-refractivity contribution < 1.29 is 14.3 Å². The largest absolute Gasteiger partial charge is 0.490 e. The molecule has 1 aliphatic carbocycles. The molecule has 0 aromatic heterocycles. The highest BCUT2D eigenvalue weighted by atomic mass is 16.5. The number of amides is 2. The van der Waals surface area contributed by atoms with Crippen molar-refractivity contribution in [3.63, 3.8) is 0 Å². The van der Waals surface area contributed by atoms with Crippen LogP contribution in [0.4, 0.5) is 11.4 Å². The molecule has 2 aliphatic rings. The summed E-state index contributed by atoms with van der Waals surface area (Å²) in [7, 11) is 0. The third-order valence-corrected chi connectivity index (χ3v) is 6.18. The first-order valence-electron chi connectivity index (χ1n) is 11.1. The number of carbonyl (C=O) groups excluding carboxylic acids is 2. The van der Waals surface area contributed by atoms with Crippen LogP contribution in [0, 0.1) is 0 Å². The molecular weight excluding hydrogens is 388 g/mol. The molecule has 1 aliphatic heterocycles. The highest BCUT2D eigenvalue weighted by molar-refractivity contribution is 6.25. The van der Waals surface area contributed by atoms with Gasteiger partial charge in [0.1, 0.15) is 5.75 Å². The quantitative estimate of drug-likeness (QED) is 0.552. The number of benzene rings is 3. The van der Waals surface area contributed by atoms with Crippen molar-refractivity contribution in [1.29, 1.82) is 0 Å². The summed E-state index contributed by atoms with van der Waals surface area (Å²) in [6.07, 6.45) is 6.01. The van der Waals surface area contributed by atoms with E-state index in [9.17, 15) is 9.59 Å². The molecular formula is C26H26N2O3. The molecule has 0 spiro atoms. The summed E-state index contributed by atoms with van der Waals surface area (Å²) in [5.74, 6) is 0.822. The van der Waals surface area contributed by atoms with E-state index in [-0.39, 0.29) is 11.8 Å². The van der Waals surface area contributed by atoms with Gasteiger partial charge in [0, 0.05) is 29.6 Å². The smallest absolute Gasteiger partial charge is 0.258 e. The normalized spacial score (nSPS) is 15.6. The van der Waals surface area contributed by atoms with E-state index in [0.29, 0.717) is 25.5 Å². The maximum atomic E-state index is 12.8. The molecule has 3 aromatic carbocycles. The van der Waals surface area contributed by atoms with Crippen LogP contribution in [0.5, 0.6) is 5.75 Å². The Kier molecular flexibility index (Phi) is 5.33. The molecule has 2 amide bonds. The van der Waals surface area contributed by atoms with Gasteiger partial charge in [0.05, 0.1) is 11.8 Å². The Morgan fingerprint density at radius 2 is 1.74 bits per heavy atom. The average Bonchev–Trinajstić information content (AvgIpc) is 3.39. The first-order valence-corrected chi connectivity index (χ1v) is 11.1. The van der Waals surface area contributed by atoms with Crippen molar-refractivity contribution in [3.8, 4) is 5.75 Å². The lowest BCUT2D eigenvalue weighted by Gasteiger charge is -2.17. The molecule has 0 radical (unpaired) electrons. The number of rotatable bonds is 7. The SMILES string of the molecule is O=C(CCCN1C(=O)c2cccc3cccc1c23)Nc1ccc(OC2CCCC2)cc1. The highest BCUT2D eigenvalue weighted by Crippen LogP contribution is 2.37. The van der Waals surface area contributed by atoms with Crippen LogP contribution in [0.1, 0.15) is 48.9 Å². The lowest BCUT2D eigenvalue weighted by atomic mass is 10.1. The van der Waals surface area contributed by atoms with Crippen LogP contribution in [-0.2, 0) is 4.79 Å². The molecule has 1 saturated carbocycles. The van der Waals surface area contributed by atoms with Gasteiger partial charge < -0.3 is 15.0 Å². The first-order chi connectivity index (χ1) is 15.2. The Hall–Kier alpha value is -3.34. The predicted molar refractivity (Wildman–Crippen MR) is 123 cm³/mol. The van der Waals surface area contributed by atoms with E-state index < -0.39 is 0 Å². The van der Waals surface area contributed by atoms with E-state index in [0.717, 1.165) is 46.3 Å². The van der Waals surface area contributed by atoms with Crippen molar-refractivity contribution in [3.05, 3.63) is 66.2 Å². The van der Waals surface area contributed by atoms with Crippen molar-refractivity contribution >= 4 is 34.0 Å². The van der Waals surface area contributed by atoms with Crippen molar-refractivity contribution in [1.82, 2.24) is 0 Å². The minimum absolute atomic E-state index is 0.0186. The minimum atomic E-state index is -0.0492. The zero-order valence-electron chi connectivity index (χ0n) is 17.5. The van der Waals surface area contributed by atoms with E-state index in [1.54, 1.807) is 4.90 Å². The maximum absolute atomic E-state index is 12.8. The van der Waals surface area contributed by atoms with E-state index >= 15 is 0 Å². The van der Waals surface area contributed by atoms with Crippen LogP contribution in [0.15, 0.2) is 60.7 Å². The zero-order valence-corrected chi connectivity index (χ0v) is 17.5. The summed E-state index contributed by atoms with van der Waals surface area (Å²) < 4.78 is 5.97. The van der Waals surface area contributed by atoms with Gasteiger partial charge in [0.2, 0.25) is 5.91 Å². The van der Waals surface area contributed by atoms with Crippen LogP contribution in [-0.4, -0.2) is 24.5 Å². The summed E-state index contributed by atoms with van der Waals surface area (Å²) in [5.41, 5.74) is 2.45. The van der Waals surface area contributed by atoms with Gasteiger partial charge in [-0.2, -0.15) is 0 Å². The van der Waals surface area contributed by atoms with Crippen LogP contribution < -0.4 is 15.0 Å². The molecule has 31 heavy (non-hydrogen) atoms. The fourth-order valence-electron chi connectivity index (χ4n) is 4.64. The van der Waals surface area contributed by atoms with Gasteiger partial charge >= 0.3 is 0 Å². The van der Waals surface area contributed by atoms with Crippen LogP contribution in [0.2, 0.25) is 0 Å². The van der Waals surface area contributed by atoms with Gasteiger partial charge in [-0.1, -0.05) is 24.3 Å². The van der Waals surface area contributed by atoms with Crippen molar-refractivity contribution in [2.75, 3.05) is 16.8 Å². The molecule has 5 heteroatoms. The van der Waals surface area contributed by atoms with E-state index in [4.69, 9.17) is 4.74 Å². The third-order valence-electron chi connectivity index (χ3n) is 6.18. The van der Waals surface area contributed by atoms with Crippen LogP contribution >= 0.6 is 0 Å². The highest BCUT2D eigenvalue weighted by Gasteiger charge is 2.29. The lowest BCUT2D eigenvalue weighted by Crippen LogP contribution is -2.28. The van der Waals surface area contributed by atoms with Crippen LogP contribution in [0.25, 0.3) is 10.8 Å². The van der Waals surface area contributed by atoms with Gasteiger partial charge in [-0.3, -0.25) is 9.59 Å². The molecule has 5 rings (SSSR count). The number of nitrogens with zero attached hydrogens (tertiary/aromatic N) is 1. The molecule has 5 nitrogen and oxygen atoms in total. The average molecular weight is 415 g/mol. The van der Waals surface area contributed by atoms with Crippen molar-refractivity contribution in [2.45, 2.75) is 44.6 Å². The topological polar surface area (TPSA) is 58.6 Å². The molecule has 0 bridgehead atoms. The van der Waals surface area contributed by atoms with E-state index in [1.165, 1.54) is 12.8 Å². The molecule has 1 heterocycles. The zero-order chi connectivity index (χ0) is 21.2. The monoisotopic (exact) mass is 414 g/mol. The third kappa shape index (κ3) is 4.00. The second kappa shape index (κ2) is 8.42. The summed E-state index contributed by atoms with van der Waals surface area (Å²) in [5, 5.41) is 5.02. The van der Waals surface area contributed by atoms with Gasteiger partial charge in [-0.25, -0.2) is 0 Å². The Morgan fingerprint density at radius 1 is 1.00 bits per heavy atom. The van der Waals surface area contributed by atoms with E-state index in [2.05, 4.69) is 5.32 Å². The Labute approximate surface area is 182 Å². The minimum Gasteiger partial charge on any atom is -0.490 e. The molecule has 0 saturated heterocycles. The summed E-state index contributed by atoms with van der Waals surface area (Å²) in [6, 6.07) is 19.4. The van der Waals surface area contributed by atoms with Gasteiger partial charge in [-0.15, -0.1) is 0 Å². The Balaban J connectivity index is 1.14. The number of ether oxygens (including phenoxy) is 1. The molecule has 0 atom stereocenters. The fourth-order valence-corrected chi connectivity index (χ4v) is 4.64. The molecule has 1 fully saturated rings. The number of anilines is 2. The van der Waals surface area contributed by atoms with Gasteiger partial charge in [0.15, 0.2) is 0 Å². The van der Waals surface area contributed by atoms with Gasteiger partial charge in [0.25, 0.3) is 5.91 Å². The predicted octanol–water partition coefficient (Wildman–Crippen LogP) is 5.54. The molecule has 3 aromatic rings. The van der Waals surface area contributed by atoms with Crippen LogP contribution in [0.3, 0.4) is 0 Å². The molecule has 1 N–H and O–H groups in total. The van der Waals surface area contributed by atoms with Gasteiger partial charge in [-0.05, 0) is 73.9 Å². The number of carbonyl (C=O) groups is 2. The van der Waals surface area contributed by atoms with E-state index in [1.807, 2.05) is 60.7 Å². The number of nitrogens with one attached hydrogen (secondary N) is 1. The number of hydrogen-bond acceptors (Lipinski definition) is 3. The van der Waals surface area contributed by atoms with Crippen molar-refractivity contribution in [2.24, 2.45) is 0 Å². The second-order valence-electron chi connectivity index (χ2n) is 8.34. The molecule has 0 unspecified atom stereocenters. The first kappa shape index (κ1) is 19.6. The lowest BCUT2D eigenvalue weighted by molar-refractivity contribution is -0.116. The fraction of sp³-hybridized carbons (Fsp3) is 0.308. The Bertz CT molecular complexity index is 1110. The maximum Gasteiger partial charge on any atom is 0.258 e. The summed E-state index contributed by atoms with van der Waals surface area (Å²) in [6.45, 7) is 0.522. The number of hydrogen-bond donors (Lipinski definition) is 1. The standard InChI is InChI=1S/C26H26N2O3/c29-24(27-19-13-15-21(16-14-19)31-20-8-1-2-9-20)12-5-17-28-23-11-4-7-18-6-3-10-22(25(18)23)26(28)30/h3-4,6-7,10-11,13-16,20H,1-2,5,8-9,12,17H2,(H,27,29). The second-order valence-corrected chi connectivity index (χ2v) is 8.34. The summed E-state index contributed by atoms with van der Waals surface area (Å²) in [4.78, 5) is 27.0. The summed E-state index contributed by atoms with van der Waals surface area (Å²) >= 11 is 0. The molecule has 158 valence electrons.